The number of nitrogens with two attached hydrogens (primary N) is 1. The smallest absolute Gasteiger partial charge is 0.271 e. The zero-order valence-corrected chi connectivity index (χ0v) is 8.70. The third kappa shape index (κ3) is 2.22. The Kier molecular flexibility index (Phi) is 2.99. The fourth-order valence-electron chi connectivity index (χ4n) is 1.72. The topological polar surface area (TPSA) is 50.9 Å². The van der Waals surface area contributed by atoms with Crippen molar-refractivity contribution in [1.29, 1.82) is 0 Å². The summed E-state index contributed by atoms with van der Waals surface area (Å²) < 4.78 is 38.3. The maximum atomic E-state index is 12.8. The molecule has 0 radical (unpaired) electrons. The molecule has 0 saturated carbocycles. The Morgan fingerprint density at radius 2 is 1.88 bits per heavy atom. The molecule has 0 spiro atoms. The molecule has 90 valence electrons. The number of fused-ring (bicyclic) bond motifs is 1. The second kappa shape index (κ2) is 4.31. The molecule has 6 heteroatoms. The number of pyridine rings is 1. The Labute approximate surface area is 95.4 Å². The van der Waals surface area contributed by atoms with Crippen LogP contribution in [-0.4, -0.2) is 11.2 Å². The Morgan fingerprint density at radius 1 is 1.18 bits per heavy atom. The van der Waals surface area contributed by atoms with Crippen LogP contribution in [0, 0.1) is 0 Å². The molecule has 17 heavy (non-hydrogen) atoms. The Hall–Kier alpha value is -1.66. The average Bonchev–Trinajstić information content (AvgIpc) is 2.28. The monoisotopic (exact) mass is 241 g/mol. The van der Waals surface area contributed by atoms with Gasteiger partial charge < -0.3 is 0 Å². The van der Waals surface area contributed by atoms with E-state index in [1.165, 1.54) is 12.3 Å². The van der Waals surface area contributed by atoms with E-state index in [4.69, 9.17) is 5.84 Å². The van der Waals surface area contributed by atoms with Gasteiger partial charge in [0.25, 0.3) is 0 Å². The maximum absolute atomic E-state index is 12.8. The van der Waals surface area contributed by atoms with Gasteiger partial charge in [-0.1, -0.05) is 24.3 Å². The first-order valence-corrected chi connectivity index (χ1v) is 4.90. The number of hydrogen-bond acceptors (Lipinski definition) is 3. The van der Waals surface area contributed by atoms with Crippen LogP contribution in [0.2, 0.25) is 0 Å². The Balaban J connectivity index is 2.62. The van der Waals surface area contributed by atoms with Gasteiger partial charge in [-0.25, -0.2) is 5.43 Å². The van der Waals surface area contributed by atoms with Gasteiger partial charge in [0.2, 0.25) is 0 Å². The van der Waals surface area contributed by atoms with Crippen LogP contribution in [0.4, 0.5) is 13.2 Å². The molecular formula is C11H10F3N3. The van der Waals surface area contributed by atoms with Crippen LogP contribution in [0.5, 0.6) is 0 Å². The minimum absolute atomic E-state index is 0.0260. The summed E-state index contributed by atoms with van der Waals surface area (Å²) >= 11 is 0. The van der Waals surface area contributed by atoms with E-state index in [1.54, 1.807) is 29.7 Å². The molecule has 1 aromatic heterocycles. The molecule has 0 aliphatic rings. The second-order valence-corrected chi connectivity index (χ2v) is 3.56. The first-order valence-electron chi connectivity index (χ1n) is 4.90. The summed E-state index contributed by atoms with van der Waals surface area (Å²) in [5.74, 6) is 4.98. The van der Waals surface area contributed by atoms with Gasteiger partial charge in [0.1, 0.15) is 6.04 Å². The number of nitrogens with one attached hydrogen (secondary N) is 1. The van der Waals surface area contributed by atoms with Gasteiger partial charge in [-0.15, -0.1) is 0 Å². The van der Waals surface area contributed by atoms with Crippen molar-refractivity contribution >= 4 is 10.9 Å². The number of hydrogen-bond donors (Lipinski definition) is 2. The van der Waals surface area contributed by atoms with Crippen LogP contribution in [-0.2, 0) is 0 Å². The highest BCUT2D eigenvalue weighted by atomic mass is 19.4. The van der Waals surface area contributed by atoms with Crippen molar-refractivity contribution in [3.8, 4) is 0 Å². The highest BCUT2D eigenvalue weighted by Gasteiger charge is 2.41. The lowest BCUT2D eigenvalue weighted by molar-refractivity contribution is -0.157. The predicted molar refractivity (Wildman–Crippen MR) is 57.9 cm³/mol. The third-order valence-corrected chi connectivity index (χ3v) is 2.47. The molecule has 2 rings (SSSR count). The minimum Gasteiger partial charge on any atom is -0.271 e. The van der Waals surface area contributed by atoms with Crippen molar-refractivity contribution in [3.63, 3.8) is 0 Å². The molecule has 3 N–H and O–H groups in total. The van der Waals surface area contributed by atoms with Crippen LogP contribution in [0.1, 0.15) is 11.6 Å². The number of alkyl halides is 3. The summed E-state index contributed by atoms with van der Waals surface area (Å²) in [5, 5.41) is 0.648. The largest absolute Gasteiger partial charge is 0.409 e. The van der Waals surface area contributed by atoms with E-state index < -0.39 is 12.2 Å². The van der Waals surface area contributed by atoms with Crippen molar-refractivity contribution in [2.45, 2.75) is 12.2 Å². The van der Waals surface area contributed by atoms with Gasteiger partial charge in [-0.3, -0.25) is 10.8 Å². The van der Waals surface area contributed by atoms with Crippen molar-refractivity contribution in [3.05, 3.63) is 42.1 Å². The lowest BCUT2D eigenvalue weighted by Gasteiger charge is -2.20. The zero-order chi connectivity index (χ0) is 12.5. The van der Waals surface area contributed by atoms with E-state index in [9.17, 15) is 13.2 Å². The van der Waals surface area contributed by atoms with Crippen LogP contribution >= 0.6 is 0 Å². The van der Waals surface area contributed by atoms with Crippen LogP contribution in [0.3, 0.4) is 0 Å². The lowest BCUT2D eigenvalue weighted by Crippen LogP contribution is -2.38. The van der Waals surface area contributed by atoms with Crippen LogP contribution < -0.4 is 11.3 Å². The number of hydrazine groups is 1. The molecule has 2 aromatic rings. The number of benzene rings is 1. The molecule has 0 saturated heterocycles. The lowest BCUT2D eigenvalue weighted by atomic mass is 10.0. The summed E-state index contributed by atoms with van der Waals surface area (Å²) in [6.07, 6.45) is -3.00. The molecule has 3 nitrogen and oxygen atoms in total. The molecule has 0 aliphatic heterocycles. The van der Waals surface area contributed by atoms with Gasteiger partial charge in [0.15, 0.2) is 0 Å². The summed E-state index contributed by atoms with van der Waals surface area (Å²) in [4.78, 5) is 3.97. The van der Waals surface area contributed by atoms with Gasteiger partial charge in [-0.2, -0.15) is 13.2 Å². The molecule has 0 aliphatic carbocycles. The number of nitrogens with zero attached hydrogens (tertiary/aromatic N) is 1. The Bertz CT molecular complexity index is 519. The summed E-state index contributed by atoms with van der Waals surface area (Å²) in [6.45, 7) is 0. The normalized spacial score (nSPS) is 13.9. The van der Waals surface area contributed by atoms with Gasteiger partial charge in [-0.05, 0) is 6.07 Å². The molecule has 1 atom stereocenters. The van der Waals surface area contributed by atoms with E-state index in [1.807, 2.05) is 0 Å². The first kappa shape index (κ1) is 11.8. The van der Waals surface area contributed by atoms with E-state index >= 15 is 0 Å². The molecule has 0 bridgehead atoms. The van der Waals surface area contributed by atoms with Crippen molar-refractivity contribution in [1.82, 2.24) is 10.4 Å². The van der Waals surface area contributed by atoms with Gasteiger partial charge in [0, 0.05) is 17.1 Å². The fourth-order valence-corrected chi connectivity index (χ4v) is 1.72. The van der Waals surface area contributed by atoms with E-state index in [0.29, 0.717) is 10.9 Å². The zero-order valence-electron chi connectivity index (χ0n) is 8.70. The standard InChI is InChI=1S/C11H10F3N3/c12-11(13,14)10(17-15)8-5-1-3-7-4-2-6-16-9(7)8/h1-6,10,17H,15H2. The average molecular weight is 241 g/mol. The van der Waals surface area contributed by atoms with E-state index in [-0.39, 0.29) is 5.56 Å². The predicted octanol–water partition coefficient (Wildman–Crippen LogP) is 2.30. The molecule has 1 heterocycles. The molecular weight excluding hydrogens is 231 g/mol. The minimum atomic E-state index is -4.46. The van der Waals surface area contributed by atoms with Crippen molar-refractivity contribution < 1.29 is 13.2 Å². The van der Waals surface area contributed by atoms with Gasteiger partial charge >= 0.3 is 6.18 Å². The van der Waals surface area contributed by atoms with Crippen LogP contribution in [0.25, 0.3) is 10.9 Å². The first-order chi connectivity index (χ1) is 8.04. The number of para-hydroxylation sites is 1. The van der Waals surface area contributed by atoms with E-state index in [0.717, 1.165) is 0 Å². The molecule has 0 amide bonds. The highest BCUT2D eigenvalue weighted by molar-refractivity contribution is 5.82. The highest BCUT2D eigenvalue weighted by Crippen LogP contribution is 2.34. The fraction of sp³-hybridized carbons (Fsp3) is 0.182. The molecule has 1 aromatic carbocycles. The number of aromatic nitrogens is 1. The quantitative estimate of drug-likeness (QED) is 0.626. The number of rotatable bonds is 2. The SMILES string of the molecule is NNC(c1cccc2cccnc12)C(F)(F)F. The van der Waals surface area contributed by atoms with Crippen molar-refractivity contribution in [2.75, 3.05) is 0 Å². The van der Waals surface area contributed by atoms with E-state index in [2.05, 4.69) is 4.98 Å². The summed E-state index contributed by atoms with van der Waals surface area (Å²) in [5.41, 5.74) is 2.11. The third-order valence-electron chi connectivity index (χ3n) is 2.47. The van der Waals surface area contributed by atoms with Crippen LogP contribution in [0.15, 0.2) is 36.5 Å². The summed E-state index contributed by atoms with van der Waals surface area (Å²) in [6, 6.07) is 6.08. The molecule has 0 fully saturated rings. The van der Waals surface area contributed by atoms with Gasteiger partial charge in [0.05, 0.1) is 5.52 Å². The maximum Gasteiger partial charge on any atom is 0.409 e. The number of halogens is 3. The summed E-state index contributed by atoms with van der Waals surface area (Å²) in [7, 11) is 0. The molecule has 1 unspecified atom stereocenters. The second-order valence-electron chi connectivity index (χ2n) is 3.56. The Morgan fingerprint density at radius 3 is 2.53 bits per heavy atom. The van der Waals surface area contributed by atoms with Crippen molar-refractivity contribution in [2.24, 2.45) is 5.84 Å².